The highest BCUT2D eigenvalue weighted by atomic mass is 32.1. The zero-order valence-electron chi connectivity index (χ0n) is 13.0. The van der Waals surface area contributed by atoms with Gasteiger partial charge in [0.1, 0.15) is 11.6 Å². The van der Waals surface area contributed by atoms with E-state index in [2.05, 4.69) is 10.1 Å². The number of carbonyl (C=O) groups is 1. The Bertz CT molecular complexity index is 911. The van der Waals surface area contributed by atoms with Crippen LogP contribution in [-0.4, -0.2) is 27.5 Å². The maximum atomic E-state index is 13.8. The molecule has 5 nitrogen and oxygen atoms in total. The first-order valence-corrected chi connectivity index (χ1v) is 8.57. The summed E-state index contributed by atoms with van der Waals surface area (Å²) in [6.45, 7) is 0.468. The molecule has 0 aliphatic carbocycles. The molecule has 0 radical (unpaired) electrons. The molecule has 1 aromatic carbocycles. The van der Waals surface area contributed by atoms with Gasteiger partial charge in [0.15, 0.2) is 5.82 Å². The number of carbonyl (C=O) groups excluding carboxylic acids is 1. The lowest BCUT2D eigenvalue weighted by Crippen LogP contribution is -2.25. The predicted molar refractivity (Wildman–Crippen MR) is 86.7 cm³/mol. The normalized spacial score (nSPS) is 17.4. The molecule has 4 rings (SSSR count). The van der Waals surface area contributed by atoms with Crippen molar-refractivity contribution in [3.05, 3.63) is 58.7 Å². The van der Waals surface area contributed by atoms with Gasteiger partial charge in [-0.3, -0.25) is 4.79 Å². The van der Waals surface area contributed by atoms with Gasteiger partial charge >= 0.3 is 0 Å². The molecular weight excluding hydrogens is 348 g/mol. The fourth-order valence-electron chi connectivity index (χ4n) is 2.85. The van der Waals surface area contributed by atoms with E-state index in [1.807, 2.05) is 17.5 Å². The van der Waals surface area contributed by atoms with Crippen LogP contribution in [-0.2, 0) is 11.3 Å². The van der Waals surface area contributed by atoms with E-state index in [0.717, 1.165) is 10.9 Å². The van der Waals surface area contributed by atoms with Crippen molar-refractivity contribution in [3.8, 4) is 10.8 Å². The maximum absolute atomic E-state index is 13.8. The van der Waals surface area contributed by atoms with Crippen molar-refractivity contribution in [2.75, 3.05) is 6.54 Å². The Morgan fingerprint density at radius 1 is 1.32 bits per heavy atom. The lowest BCUT2D eigenvalue weighted by molar-refractivity contribution is -0.128. The Hall–Kier alpha value is -2.61. The van der Waals surface area contributed by atoms with Gasteiger partial charge in [0.2, 0.25) is 5.91 Å². The molecule has 0 saturated carbocycles. The van der Waals surface area contributed by atoms with Crippen molar-refractivity contribution in [1.82, 2.24) is 15.0 Å². The second-order valence-electron chi connectivity index (χ2n) is 5.85. The summed E-state index contributed by atoms with van der Waals surface area (Å²) in [7, 11) is 0. The fourth-order valence-corrected chi connectivity index (χ4v) is 3.50. The number of hydrogen-bond donors (Lipinski definition) is 0. The summed E-state index contributed by atoms with van der Waals surface area (Å²) in [6.07, 6.45) is 0.242. The van der Waals surface area contributed by atoms with Gasteiger partial charge < -0.3 is 9.42 Å². The molecule has 1 fully saturated rings. The third-order valence-corrected chi connectivity index (χ3v) is 4.99. The highest BCUT2D eigenvalue weighted by Gasteiger charge is 2.34. The maximum Gasteiger partial charge on any atom is 0.267 e. The van der Waals surface area contributed by atoms with Gasteiger partial charge in [-0.1, -0.05) is 17.3 Å². The van der Waals surface area contributed by atoms with Crippen LogP contribution in [0, 0.1) is 11.6 Å². The van der Waals surface area contributed by atoms with Crippen LogP contribution in [0.4, 0.5) is 8.78 Å². The van der Waals surface area contributed by atoms with Crippen LogP contribution in [0.3, 0.4) is 0 Å². The number of hydrogen-bond acceptors (Lipinski definition) is 5. The molecule has 1 amide bonds. The molecule has 1 unspecified atom stereocenters. The van der Waals surface area contributed by atoms with E-state index >= 15 is 0 Å². The average Bonchev–Trinajstić information content (AvgIpc) is 3.31. The molecule has 1 aliphatic heterocycles. The highest BCUT2D eigenvalue weighted by molar-refractivity contribution is 7.13. The molecule has 3 heterocycles. The summed E-state index contributed by atoms with van der Waals surface area (Å²) < 4.78 is 32.0. The van der Waals surface area contributed by atoms with E-state index in [-0.39, 0.29) is 30.4 Å². The number of benzene rings is 1. The Labute approximate surface area is 145 Å². The number of rotatable bonds is 4. The van der Waals surface area contributed by atoms with Crippen molar-refractivity contribution in [3.63, 3.8) is 0 Å². The van der Waals surface area contributed by atoms with Gasteiger partial charge in [-0.2, -0.15) is 4.98 Å². The van der Waals surface area contributed by atoms with Crippen molar-refractivity contribution >= 4 is 17.2 Å². The van der Waals surface area contributed by atoms with E-state index in [9.17, 15) is 13.6 Å². The summed E-state index contributed by atoms with van der Waals surface area (Å²) in [5.74, 6) is -0.709. The standard InChI is InChI=1S/C17H13F2N3O2S/c18-12-4-3-10(13(19)7-12)8-22-9-11(6-15(22)23)16-20-17(24-21-16)14-2-1-5-25-14/h1-5,7,11H,6,8-9H2. The first kappa shape index (κ1) is 15.9. The molecule has 8 heteroatoms. The minimum atomic E-state index is -0.657. The molecule has 0 N–H and O–H groups in total. The number of halogens is 2. The molecular formula is C17H13F2N3O2S. The summed E-state index contributed by atoms with van der Waals surface area (Å²) in [4.78, 5) is 19.0. The molecule has 1 atom stereocenters. The lowest BCUT2D eigenvalue weighted by Gasteiger charge is -2.16. The molecule has 1 aliphatic rings. The van der Waals surface area contributed by atoms with Gasteiger partial charge in [-0.25, -0.2) is 8.78 Å². The number of likely N-dealkylation sites (tertiary alicyclic amines) is 1. The zero-order chi connectivity index (χ0) is 17.4. The number of thiophene rings is 1. The summed E-state index contributed by atoms with van der Waals surface area (Å²) >= 11 is 1.49. The van der Waals surface area contributed by atoms with Crippen LogP contribution in [0.25, 0.3) is 10.8 Å². The second kappa shape index (κ2) is 6.36. The summed E-state index contributed by atoms with van der Waals surface area (Å²) in [6, 6.07) is 7.13. The first-order chi connectivity index (χ1) is 12.1. The quantitative estimate of drug-likeness (QED) is 0.713. The highest BCUT2D eigenvalue weighted by Crippen LogP contribution is 2.30. The monoisotopic (exact) mass is 361 g/mol. The lowest BCUT2D eigenvalue weighted by atomic mass is 10.1. The van der Waals surface area contributed by atoms with Gasteiger partial charge in [0, 0.05) is 37.1 Å². The Morgan fingerprint density at radius 2 is 2.20 bits per heavy atom. The van der Waals surface area contributed by atoms with Gasteiger partial charge in [0.05, 0.1) is 4.88 Å². The minimum Gasteiger partial charge on any atom is -0.337 e. The molecule has 0 bridgehead atoms. The predicted octanol–water partition coefficient (Wildman–Crippen LogP) is 3.59. The number of nitrogens with zero attached hydrogens (tertiary/aromatic N) is 3. The summed E-state index contributed by atoms with van der Waals surface area (Å²) in [5, 5.41) is 5.89. The Morgan fingerprint density at radius 3 is 2.96 bits per heavy atom. The average molecular weight is 361 g/mol. The van der Waals surface area contributed by atoms with E-state index in [0.29, 0.717) is 18.3 Å². The fraction of sp³-hybridized carbons (Fsp3) is 0.235. The van der Waals surface area contributed by atoms with E-state index < -0.39 is 11.6 Å². The van der Waals surface area contributed by atoms with Crippen molar-refractivity contribution in [2.45, 2.75) is 18.9 Å². The molecule has 2 aromatic heterocycles. The van der Waals surface area contributed by atoms with Gasteiger partial charge in [-0.15, -0.1) is 11.3 Å². The topological polar surface area (TPSA) is 59.2 Å². The van der Waals surface area contributed by atoms with Crippen molar-refractivity contribution < 1.29 is 18.1 Å². The minimum absolute atomic E-state index is 0.0943. The molecule has 128 valence electrons. The van der Waals surface area contributed by atoms with Crippen LogP contribution in [0.5, 0.6) is 0 Å². The van der Waals surface area contributed by atoms with E-state index in [1.165, 1.54) is 28.4 Å². The molecule has 25 heavy (non-hydrogen) atoms. The van der Waals surface area contributed by atoms with Crippen molar-refractivity contribution in [2.24, 2.45) is 0 Å². The Balaban J connectivity index is 1.48. The van der Waals surface area contributed by atoms with Gasteiger partial charge in [0.25, 0.3) is 5.89 Å². The molecule has 3 aromatic rings. The van der Waals surface area contributed by atoms with Crippen LogP contribution >= 0.6 is 11.3 Å². The van der Waals surface area contributed by atoms with E-state index in [1.54, 1.807) is 0 Å². The van der Waals surface area contributed by atoms with Crippen LogP contribution in [0.1, 0.15) is 23.7 Å². The third kappa shape index (κ3) is 3.17. The van der Waals surface area contributed by atoms with Crippen LogP contribution in [0.2, 0.25) is 0 Å². The smallest absolute Gasteiger partial charge is 0.267 e. The number of amides is 1. The Kier molecular flexibility index (Phi) is 4.04. The van der Waals surface area contributed by atoms with Gasteiger partial charge in [-0.05, 0) is 17.5 Å². The summed E-state index contributed by atoms with van der Waals surface area (Å²) in [5.41, 5.74) is 0.280. The first-order valence-electron chi connectivity index (χ1n) is 7.69. The SMILES string of the molecule is O=C1CC(c2noc(-c3cccs3)n2)CN1Cc1ccc(F)cc1F. The third-order valence-electron chi connectivity index (χ3n) is 4.13. The van der Waals surface area contributed by atoms with Crippen LogP contribution < -0.4 is 0 Å². The van der Waals surface area contributed by atoms with E-state index in [4.69, 9.17) is 4.52 Å². The zero-order valence-corrected chi connectivity index (χ0v) is 13.8. The molecule has 1 saturated heterocycles. The second-order valence-corrected chi connectivity index (χ2v) is 6.79. The largest absolute Gasteiger partial charge is 0.337 e. The molecule has 0 spiro atoms. The number of aromatic nitrogens is 2. The van der Waals surface area contributed by atoms with Crippen molar-refractivity contribution in [1.29, 1.82) is 0 Å². The van der Waals surface area contributed by atoms with Crippen LogP contribution in [0.15, 0.2) is 40.2 Å².